The zero-order valence-electron chi connectivity index (χ0n) is 17.1. The molecule has 6 heteroatoms. The Labute approximate surface area is 200 Å². The van der Waals surface area contributed by atoms with Gasteiger partial charge >= 0.3 is 0 Å². The number of aryl methyl sites for hydroxylation is 1. The number of hydrogen-bond donors (Lipinski definition) is 1. The number of anilines is 1. The van der Waals surface area contributed by atoms with Crippen molar-refractivity contribution in [3.05, 3.63) is 65.7 Å². The van der Waals surface area contributed by atoms with Crippen molar-refractivity contribution in [3.8, 4) is 0 Å². The van der Waals surface area contributed by atoms with Crippen LogP contribution < -0.4 is 4.31 Å². The molecular formula is C23H30NO3SY-. The third-order valence-electron chi connectivity index (χ3n) is 5.68. The molecule has 1 radical (unpaired) electrons. The van der Waals surface area contributed by atoms with Crippen molar-refractivity contribution in [2.45, 2.75) is 51.6 Å². The van der Waals surface area contributed by atoms with Gasteiger partial charge in [-0.3, -0.25) is 4.31 Å². The minimum Gasteiger partial charge on any atom is -0.388 e. The summed E-state index contributed by atoms with van der Waals surface area (Å²) >= 11 is 0. The SMILES string of the molecule is CCS(=O)(=O)N(CCCc1cc[c-]cc1)c1ccc(C(O)C2CCCC2)cc1.[Y]. The van der Waals surface area contributed by atoms with Crippen LogP contribution in [0, 0.1) is 12.0 Å². The van der Waals surface area contributed by atoms with E-state index in [-0.39, 0.29) is 38.5 Å². The number of hydrogen-bond acceptors (Lipinski definition) is 3. The van der Waals surface area contributed by atoms with Crippen LogP contribution in [-0.4, -0.2) is 25.8 Å². The topological polar surface area (TPSA) is 57.6 Å². The average molecular weight is 489 g/mol. The molecule has 1 saturated carbocycles. The predicted molar refractivity (Wildman–Crippen MR) is 114 cm³/mol. The van der Waals surface area contributed by atoms with Crippen molar-refractivity contribution in [1.82, 2.24) is 0 Å². The van der Waals surface area contributed by atoms with E-state index in [1.165, 1.54) is 22.7 Å². The Morgan fingerprint density at radius 2 is 1.72 bits per heavy atom. The normalized spacial score (nSPS) is 15.7. The summed E-state index contributed by atoms with van der Waals surface area (Å²) in [5, 5.41) is 10.6. The fourth-order valence-electron chi connectivity index (χ4n) is 3.98. The van der Waals surface area contributed by atoms with Crippen molar-refractivity contribution in [2.24, 2.45) is 5.92 Å². The molecule has 1 aliphatic carbocycles. The van der Waals surface area contributed by atoms with Gasteiger partial charge in [-0.05, 0) is 56.2 Å². The molecule has 4 nitrogen and oxygen atoms in total. The smallest absolute Gasteiger partial charge is 0.234 e. The molecule has 0 amide bonds. The van der Waals surface area contributed by atoms with Gasteiger partial charge in [0, 0.05) is 39.3 Å². The standard InChI is InChI=1S/C23H30NO3S.Y/c1-2-28(26,27)24(18-8-11-19-9-4-3-5-10-19)22-16-14-21(15-17-22)23(25)20-12-6-7-13-20;/h4-5,9-10,14-17,20,23,25H,2,6-8,11-13,18H2,1H3;/q-1;. The van der Waals surface area contributed by atoms with Gasteiger partial charge in [0.05, 0.1) is 17.5 Å². The predicted octanol–water partition coefficient (Wildman–Crippen LogP) is 4.50. The molecule has 1 unspecified atom stereocenters. The summed E-state index contributed by atoms with van der Waals surface area (Å²) in [6.45, 7) is 2.12. The molecule has 1 atom stereocenters. The van der Waals surface area contributed by atoms with E-state index in [2.05, 4.69) is 6.07 Å². The molecular weight excluding hydrogens is 459 g/mol. The van der Waals surface area contributed by atoms with Gasteiger partial charge in [0.25, 0.3) is 0 Å². The van der Waals surface area contributed by atoms with Gasteiger partial charge in [0.2, 0.25) is 10.0 Å². The Kier molecular flexibility index (Phi) is 9.80. The van der Waals surface area contributed by atoms with Crippen LogP contribution in [0.2, 0.25) is 0 Å². The van der Waals surface area contributed by atoms with Crippen LogP contribution >= 0.6 is 0 Å². The first-order valence-corrected chi connectivity index (χ1v) is 11.9. The minimum atomic E-state index is -3.35. The molecule has 0 saturated heterocycles. The van der Waals surface area contributed by atoms with E-state index >= 15 is 0 Å². The van der Waals surface area contributed by atoms with Gasteiger partial charge in [-0.25, -0.2) is 8.42 Å². The number of aliphatic hydroxyl groups is 1. The summed E-state index contributed by atoms with van der Waals surface area (Å²) in [4.78, 5) is 0. The molecule has 0 bridgehead atoms. The van der Waals surface area contributed by atoms with Gasteiger partial charge in [-0.1, -0.05) is 25.0 Å². The van der Waals surface area contributed by atoms with Crippen LogP contribution in [0.3, 0.4) is 0 Å². The van der Waals surface area contributed by atoms with Crippen molar-refractivity contribution in [1.29, 1.82) is 0 Å². The van der Waals surface area contributed by atoms with E-state index in [1.54, 1.807) is 6.92 Å². The second-order valence-corrected chi connectivity index (χ2v) is 9.75. The first-order chi connectivity index (χ1) is 13.5. The largest absolute Gasteiger partial charge is 0.388 e. The number of rotatable bonds is 9. The Morgan fingerprint density at radius 1 is 1.10 bits per heavy atom. The van der Waals surface area contributed by atoms with Crippen LogP contribution in [-0.2, 0) is 49.2 Å². The number of benzene rings is 2. The molecule has 155 valence electrons. The Balaban J connectivity index is 0.00000300. The van der Waals surface area contributed by atoms with E-state index in [1.807, 2.05) is 48.5 Å². The summed E-state index contributed by atoms with van der Waals surface area (Å²) < 4.78 is 26.8. The van der Waals surface area contributed by atoms with E-state index in [4.69, 9.17) is 0 Å². The second kappa shape index (κ2) is 11.6. The molecule has 29 heavy (non-hydrogen) atoms. The van der Waals surface area contributed by atoms with Gasteiger partial charge < -0.3 is 5.11 Å². The van der Waals surface area contributed by atoms with Crippen molar-refractivity contribution in [2.75, 3.05) is 16.6 Å². The van der Waals surface area contributed by atoms with E-state index < -0.39 is 16.1 Å². The van der Waals surface area contributed by atoms with Crippen molar-refractivity contribution >= 4 is 15.7 Å². The summed E-state index contributed by atoms with van der Waals surface area (Å²) in [6.07, 6.45) is 5.61. The van der Waals surface area contributed by atoms with E-state index in [0.29, 0.717) is 18.2 Å². The Bertz CT molecular complexity index is 834. The fraction of sp³-hybridized carbons (Fsp3) is 0.478. The molecule has 1 aliphatic rings. The number of nitrogens with zero attached hydrogens (tertiary/aromatic N) is 1. The quantitative estimate of drug-likeness (QED) is 0.528. The van der Waals surface area contributed by atoms with E-state index in [0.717, 1.165) is 31.2 Å². The summed E-state index contributed by atoms with van der Waals surface area (Å²) in [5.41, 5.74) is 2.73. The zero-order chi connectivity index (χ0) is 20.0. The first kappa shape index (κ1) is 24.5. The molecule has 3 rings (SSSR count). The molecule has 0 aromatic heterocycles. The fourth-order valence-corrected chi connectivity index (χ4v) is 5.14. The van der Waals surface area contributed by atoms with E-state index in [9.17, 15) is 13.5 Å². The number of sulfonamides is 1. The van der Waals surface area contributed by atoms with Gasteiger partial charge in [-0.15, -0.1) is 0 Å². The van der Waals surface area contributed by atoms with Gasteiger partial charge in [-0.2, -0.15) is 35.9 Å². The molecule has 0 aliphatic heterocycles. The van der Waals surface area contributed by atoms with Crippen LogP contribution in [0.15, 0.2) is 48.5 Å². The summed E-state index contributed by atoms with van der Waals surface area (Å²) in [6, 6.07) is 18.2. The number of aliphatic hydroxyl groups excluding tert-OH is 1. The van der Waals surface area contributed by atoms with Crippen LogP contribution in [0.1, 0.15) is 56.3 Å². The minimum absolute atomic E-state index is 0. The van der Waals surface area contributed by atoms with Gasteiger partial charge in [0.1, 0.15) is 0 Å². The molecule has 1 N–H and O–H groups in total. The average Bonchev–Trinajstić information content (AvgIpc) is 3.26. The van der Waals surface area contributed by atoms with Crippen LogP contribution in [0.4, 0.5) is 5.69 Å². The van der Waals surface area contributed by atoms with Gasteiger partial charge in [0.15, 0.2) is 0 Å². The third-order valence-corrected chi connectivity index (χ3v) is 7.48. The molecule has 1 fully saturated rings. The molecule has 0 heterocycles. The zero-order valence-corrected chi connectivity index (χ0v) is 20.8. The Morgan fingerprint density at radius 3 is 2.31 bits per heavy atom. The molecule has 0 spiro atoms. The summed E-state index contributed by atoms with van der Waals surface area (Å²) in [5.74, 6) is 0.393. The Hall–Kier alpha value is -0.746. The van der Waals surface area contributed by atoms with Crippen molar-refractivity contribution < 1.29 is 46.2 Å². The molecule has 2 aromatic rings. The third kappa shape index (κ3) is 6.62. The maximum absolute atomic E-state index is 12.6. The monoisotopic (exact) mass is 489 g/mol. The maximum atomic E-state index is 12.6. The van der Waals surface area contributed by atoms with Crippen LogP contribution in [0.5, 0.6) is 0 Å². The second-order valence-electron chi connectivity index (χ2n) is 7.57. The summed E-state index contributed by atoms with van der Waals surface area (Å²) in [7, 11) is -3.35. The van der Waals surface area contributed by atoms with Crippen LogP contribution in [0.25, 0.3) is 0 Å². The first-order valence-electron chi connectivity index (χ1n) is 10.2. The van der Waals surface area contributed by atoms with Crippen molar-refractivity contribution in [3.63, 3.8) is 0 Å². The molecule has 2 aromatic carbocycles. The maximum Gasteiger partial charge on any atom is 0.234 e.